The average molecular weight is 155 g/mol. The standard InChI is InChI=1S/C7H13N3O/c11-5-10-7-4-2-1-3-6(7)8-9-10/h6-7,11H,1-5H2. The van der Waals surface area contributed by atoms with Gasteiger partial charge in [0.25, 0.3) is 0 Å². The Morgan fingerprint density at radius 3 is 3.00 bits per heavy atom. The van der Waals surface area contributed by atoms with Gasteiger partial charge in [0.2, 0.25) is 0 Å². The van der Waals surface area contributed by atoms with E-state index in [0.717, 1.165) is 12.8 Å². The zero-order valence-corrected chi connectivity index (χ0v) is 6.48. The maximum absolute atomic E-state index is 8.88. The molecule has 2 rings (SSSR count). The largest absolute Gasteiger partial charge is 0.375 e. The fraction of sp³-hybridized carbons (Fsp3) is 1.00. The molecule has 1 aliphatic heterocycles. The third kappa shape index (κ3) is 1.11. The molecule has 4 nitrogen and oxygen atoms in total. The van der Waals surface area contributed by atoms with Crippen molar-refractivity contribution >= 4 is 0 Å². The van der Waals surface area contributed by atoms with E-state index in [1.165, 1.54) is 12.8 Å². The van der Waals surface area contributed by atoms with Crippen molar-refractivity contribution in [2.75, 3.05) is 6.73 Å². The second kappa shape index (κ2) is 2.77. The Morgan fingerprint density at radius 2 is 2.18 bits per heavy atom. The molecule has 0 aromatic carbocycles. The van der Waals surface area contributed by atoms with E-state index >= 15 is 0 Å². The predicted octanol–water partition coefficient (Wildman–Crippen LogP) is 0.930. The highest BCUT2D eigenvalue weighted by atomic mass is 16.3. The summed E-state index contributed by atoms with van der Waals surface area (Å²) in [6, 6.07) is 0.768. The van der Waals surface area contributed by atoms with Crippen LogP contribution in [-0.2, 0) is 0 Å². The Kier molecular flexibility index (Phi) is 1.77. The Labute approximate surface area is 65.9 Å². The van der Waals surface area contributed by atoms with Gasteiger partial charge in [0.05, 0.1) is 12.1 Å². The minimum Gasteiger partial charge on any atom is -0.375 e. The SMILES string of the molecule is OCN1N=NC2CCCCC21. The van der Waals surface area contributed by atoms with Gasteiger partial charge in [-0.3, -0.25) is 0 Å². The van der Waals surface area contributed by atoms with Crippen LogP contribution >= 0.6 is 0 Å². The molecule has 0 aromatic heterocycles. The summed E-state index contributed by atoms with van der Waals surface area (Å²) in [5, 5.41) is 18.6. The van der Waals surface area contributed by atoms with Crippen LogP contribution in [0.1, 0.15) is 25.7 Å². The van der Waals surface area contributed by atoms with Gasteiger partial charge in [-0.15, -0.1) is 0 Å². The third-order valence-corrected chi connectivity index (χ3v) is 2.54. The molecule has 0 spiro atoms. The summed E-state index contributed by atoms with van der Waals surface area (Å²) in [5.74, 6) is 0. The predicted molar refractivity (Wildman–Crippen MR) is 39.8 cm³/mol. The van der Waals surface area contributed by atoms with Gasteiger partial charge in [-0.05, 0) is 12.8 Å². The first-order valence-electron chi connectivity index (χ1n) is 4.20. The molecule has 11 heavy (non-hydrogen) atoms. The van der Waals surface area contributed by atoms with E-state index in [4.69, 9.17) is 5.11 Å². The number of aliphatic hydroxyl groups excluding tert-OH is 1. The normalized spacial score (nSPS) is 35.9. The Hall–Kier alpha value is -0.640. The molecule has 2 unspecified atom stereocenters. The number of rotatable bonds is 1. The maximum atomic E-state index is 8.88. The minimum absolute atomic E-state index is 0.0185. The number of hydrogen-bond acceptors (Lipinski definition) is 4. The molecule has 1 N–H and O–H groups in total. The van der Waals surface area contributed by atoms with E-state index in [0.29, 0.717) is 12.1 Å². The topological polar surface area (TPSA) is 48.2 Å². The lowest BCUT2D eigenvalue weighted by Gasteiger charge is -2.27. The smallest absolute Gasteiger partial charge is 0.133 e. The highest BCUT2D eigenvalue weighted by Crippen LogP contribution is 2.29. The van der Waals surface area contributed by atoms with Crippen LogP contribution in [0, 0.1) is 0 Å². The van der Waals surface area contributed by atoms with Crippen molar-refractivity contribution in [2.24, 2.45) is 10.3 Å². The second-order valence-electron chi connectivity index (χ2n) is 3.20. The van der Waals surface area contributed by atoms with Crippen molar-refractivity contribution in [2.45, 2.75) is 37.8 Å². The summed E-state index contributed by atoms with van der Waals surface area (Å²) in [7, 11) is 0. The Balaban J connectivity index is 2.03. The van der Waals surface area contributed by atoms with Crippen LogP contribution < -0.4 is 0 Å². The molecule has 0 aromatic rings. The molecule has 1 aliphatic carbocycles. The Morgan fingerprint density at radius 1 is 1.36 bits per heavy atom. The van der Waals surface area contributed by atoms with Crippen LogP contribution in [0.25, 0.3) is 0 Å². The van der Waals surface area contributed by atoms with Gasteiger partial charge in [-0.25, -0.2) is 5.01 Å². The zero-order valence-electron chi connectivity index (χ0n) is 6.48. The van der Waals surface area contributed by atoms with E-state index in [-0.39, 0.29) is 6.73 Å². The number of aliphatic hydroxyl groups is 1. The number of nitrogens with zero attached hydrogens (tertiary/aromatic N) is 3. The lowest BCUT2D eigenvalue weighted by atomic mass is 9.91. The molecule has 4 heteroatoms. The van der Waals surface area contributed by atoms with E-state index in [2.05, 4.69) is 10.3 Å². The molecule has 0 amide bonds. The van der Waals surface area contributed by atoms with E-state index in [1.807, 2.05) is 0 Å². The van der Waals surface area contributed by atoms with Gasteiger partial charge in [-0.2, -0.15) is 5.11 Å². The van der Waals surface area contributed by atoms with Gasteiger partial charge in [-0.1, -0.05) is 18.1 Å². The summed E-state index contributed by atoms with van der Waals surface area (Å²) in [5.41, 5.74) is 0. The summed E-state index contributed by atoms with van der Waals surface area (Å²) >= 11 is 0. The Bertz CT molecular complexity index is 163. The minimum atomic E-state index is 0.0185. The monoisotopic (exact) mass is 155 g/mol. The van der Waals surface area contributed by atoms with Crippen LogP contribution in [0.15, 0.2) is 10.3 Å². The van der Waals surface area contributed by atoms with Crippen LogP contribution in [0.4, 0.5) is 0 Å². The summed E-state index contributed by atoms with van der Waals surface area (Å²) in [6.45, 7) is 0.0185. The summed E-state index contributed by atoms with van der Waals surface area (Å²) in [4.78, 5) is 0. The highest BCUT2D eigenvalue weighted by Gasteiger charge is 2.33. The molecule has 2 aliphatic rings. The van der Waals surface area contributed by atoms with Gasteiger partial charge >= 0.3 is 0 Å². The molecular weight excluding hydrogens is 142 g/mol. The van der Waals surface area contributed by atoms with Crippen molar-refractivity contribution in [1.29, 1.82) is 0 Å². The number of fused-ring (bicyclic) bond motifs is 1. The lowest BCUT2D eigenvalue weighted by molar-refractivity contribution is 0.0680. The lowest BCUT2D eigenvalue weighted by Crippen LogP contribution is -2.37. The van der Waals surface area contributed by atoms with E-state index in [1.54, 1.807) is 5.01 Å². The van der Waals surface area contributed by atoms with Crippen molar-refractivity contribution in [3.63, 3.8) is 0 Å². The van der Waals surface area contributed by atoms with Gasteiger partial charge < -0.3 is 5.11 Å². The first-order chi connectivity index (χ1) is 5.42. The molecular formula is C7H13N3O. The van der Waals surface area contributed by atoms with Gasteiger partial charge in [0.1, 0.15) is 6.73 Å². The molecule has 1 heterocycles. The third-order valence-electron chi connectivity index (χ3n) is 2.54. The summed E-state index contributed by atoms with van der Waals surface area (Å²) < 4.78 is 0. The molecule has 1 fully saturated rings. The molecule has 0 radical (unpaired) electrons. The maximum Gasteiger partial charge on any atom is 0.133 e. The van der Waals surface area contributed by atoms with Crippen LogP contribution in [-0.4, -0.2) is 28.9 Å². The van der Waals surface area contributed by atoms with Gasteiger partial charge in [0, 0.05) is 0 Å². The van der Waals surface area contributed by atoms with Crippen LogP contribution in [0.3, 0.4) is 0 Å². The van der Waals surface area contributed by atoms with Gasteiger partial charge in [0.15, 0.2) is 0 Å². The average Bonchev–Trinajstić information content (AvgIpc) is 2.47. The van der Waals surface area contributed by atoms with Crippen LogP contribution in [0.2, 0.25) is 0 Å². The van der Waals surface area contributed by atoms with Crippen molar-refractivity contribution in [1.82, 2.24) is 5.01 Å². The molecule has 2 atom stereocenters. The molecule has 0 bridgehead atoms. The first-order valence-corrected chi connectivity index (χ1v) is 4.20. The number of hydrogen-bond donors (Lipinski definition) is 1. The van der Waals surface area contributed by atoms with Crippen molar-refractivity contribution < 1.29 is 5.11 Å². The fourth-order valence-corrected chi connectivity index (χ4v) is 1.91. The quantitative estimate of drug-likeness (QED) is 0.612. The van der Waals surface area contributed by atoms with Crippen molar-refractivity contribution in [3.05, 3.63) is 0 Å². The molecule has 0 saturated heterocycles. The highest BCUT2D eigenvalue weighted by molar-refractivity contribution is 4.88. The van der Waals surface area contributed by atoms with E-state index < -0.39 is 0 Å². The first kappa shape index (κ1) is 7.03. The molecule has 62 valence electrons. The zero-order chi connectivity index (χ0) is 7.68. The second-order valence-corrected chi connectivity index (χ2v) is 3.20. The molecule has 1 saturated carbocycles. The summed E-state index contributed by atoms with van der Waals surface area (Å²) in [6.07, 6.45) is 4.80. The van der Waals surface area contributed by atoms with E-state index in [9.17, 15) is 0 Å². The van der Waals surface area contributed by atoms with Crippen molar-refractivity contribution in [3.8, 4) is 0 Å². The fourth-order valence-electron chi connectivity index (χ4n) is 1.91. The van der Waals surface area contributed by atoms with Crippen LogP contribution in [0.5, 0.6) is 0 Å².